The van der Waals surface area contributed by atoms with E-state index >= 15 is 0 Å². The fraction of sp³-hybridized carbons (Fsp3) is 0.0909. The van der Waals surface area contributed by atoms with E-state index in [1.807, 2.05) is 54.6 Å². The van der Waals surface area contributed by atoms with E-state index in [0.717, 1.165) is 94.0 Å². The Balaban J connectivity index is 1.18. The van der Waals surface area contributed by atoms with Crippen molar-refractivity contribution in [3.8, 4) is 0 Å². The van der Waals surface area contributed by atoms with Gasteiger partial charge in [0.25, 0.3) is 0 Å². The number of benzene rings is 6. The van der Waals surface area contributed by atoms with Crippen molar-refractivity contribution in [3.63, 3.8) is 0 Å². The van der Waals surface area contributed by atoms with Crippen molar-refractivity contribution in [2.45, 2.75) is 25.8 Å². The van der Waals surface area contributed by atoms with Crippen molar-refractivity contribution in [2.75, 3.05) is 0 Å². The Labute approximate surface area is 277 Å². The van der Waals surface area contributed by atoms with E-state index in [0.29, 0.717) is 6.42 Å². The number of allylic oxidation sites excluding steroid dienone is 1. The molecule has 0 bridgehead atoms. The summed E-state index contributed by atoms with van der Waals surface area (Å²) in [5, 5.41) is 5.51. The van der Waals surface area contributed by atoms with Crippen LogP contribution in [0.25, 0.3) is 66.5 Å². The first-order valence-electron chi connectivity index (χ1n) is 16.3. The molecule has 0 saturated heterocycles. The molecule has 0 fully saturated rings. The molecule has 0 radical (unpaired) electrons. The Kier molecular flexibility index (Phi) is 6.43. The molecule has 232 valence electrons. The van der Waals surface area contributed by atoms with Crippen LogP contribution >= 0.6 is 0 Å². The SMILES string of the molecule is C/C(=C\c1c(Cc2ccc3c(c2)oc2ccccc23)oc2ccc(C(C)(N)c3ccccc3)cc12)c1ccc2c(c1)oc1ccccc12. The van der Waals surface area contributed by atoms with Gasteiger partial charge in [0.05, 0.1) is 5.54 Å². The molecule has 4 heteroatoms. The standard InChI is InChI=1S/C44H33NO3/c1-27(29-17-20-35-33-13-7-9-15-39(33)47-43(35)25-29)22-36-37-26-31(44(2,45)30-10-4-3-5-11-30)18-21-40(37)48-42(36)24-28-16-19-34-32-12-6-8-14-38(32)46-41(34)23-28/h3-23,25-26H,24,45H2,1-2H3/b27-22+. The van der Waals surface area contributed by atoms with E-state index in [2.05, 4.69) is 98.8 Å². The molecule has 48 heavy (non-hydrogen) atoms. The van der Waals surface area contributed by atoms with Crippen LogP contribution in [0.5, 0.6) is 0 Å². The molecule has 0 amide bonds. The molecule has 0 aliphatic carbocycles. The zero-order chi connectivity index (χ0) is 32.4. The maximum Gasteiger partial charge on any atom is 0.136 e. The lowest BCUT2D eigenvalue weighted by atomic mass is 9.85. The van der Waals surface area contributed by atoms with Gasteiger partial charge in [0.15, 0.2) is 0 Å². The van der Waals surface area contributed by atoms with Gasteiger partial charge in [-0.05, 0) is 90.2 Å². The van der Waals surface area contributed by atoms with Gasteiger partial charge in [0.1, 0.15) is 33.7 Å². The molecule has 0 aliphatic rings. The van der Waals surface area contributed by atoms with Gasteiger partial charge < -0.3 is 19.0 Å². The minimum Gasteiger partial charge on any atom is -0.460 e. The first kappa shape index (κ1) is 28.4. The van der Waals surface area contributed by atoms with Gasteiger partial charge in [-0.2, -0.15) is 0 Å². The zero-order valence-electron chi connectivity index (χ0n) is 26.8. The molecule has 3 aromatic heterocycles. The molecule has 9 rings (SSSR count). The molecule has 1 unspecified atom stereocenters. The number of hydrogen-bond donors (Lipinski definition) is 1. The first-order valence-corrected chi connectivity index (χ1v) is 16.3. The largest absolute Gasteiger partial charge is 0.460 e. The van der Waals surface area contributed by atoms with Crippen molar-refractivity contribution in [1.82, 2.24) is 0 Å². The third-order valence-corrected chi connectivity index (χ3v) is 9.78. The molecule has 0 spiro atoms. The third kappa shape index (κ3) is 4.64. The lowest BCUT2D eigenvalue weighted by Gasteiger charge is -2.26. The van der Waals surface area contributed by atoms with Crippen LogP contribution in [0.2, 0.25) is 0 Å². The molecule has 9 aromatic rings. The molecular formula is C44H33NO3. The van der Waals surface area contributed by atoms with Crippen LogP contribution in [0.1, 0.15) is 47.4 Å². The van der Waals surface area contributed by atoms with E-state index < -0.39 is 5.54 Å². The topological polar surface area (TPSA) is 65.4 Å². The number of rotatable bonds is 6. The fourth-order valence-corrected chi connectivity index (χ4v) is 7.07. The highest BCUT2D eigenvalue weighted by Crippen LogP contribution is 2.37. The average Bonchev–Trinajstić information content (AvgIpc) is 3.78. The molecule has 2 N–H and O–H groups in total. The van der Waals surface area contributed by atoms with Crippen molar-refractivity contribution >= 4 is 66.5 Å². The Hall–Kier alpha value is -5.84. The van der Waals surface area contributed by atoms with Gasteiger partial charge in [0.2, 0.25) is 0 Å². The normalized spacial score (nSPS) is 13.7. The highest BCUT2D eigenvalue weighted by molar-refractivity contribution is 6.06. The van der Waals surface area contributed by atoms with Crippen LogP contribution in [0, 0.1) is 0 Å². The van der Waals surface area contributed by atoms with Crippen LogP contribution in [0.15, 0.2) is 147 Å². The van der Waals surface area contributed by atoms with Crippen LogP contribution in [-0.4, -0.2) is 0 Å². The van der Waals surface area contributed by atoms with Gasteiger partial charge >= 0.3 is 0 Å². The summed E-state index contributed by atoms with van der Waals surface area (Å²) in [5.74, 6) is 0.889. The highest BCUT2D eigenvalue weighted by atomic mass is 16.3. The number of fused-ring (bicyclic) bond motifs is 7. The van der Waals surface area contributed by atoms with E-state index in [1.54, 1.807) is 0 Å². The summed E-state index contributed by atoms with van der Waals surface area (Å²) in [4.78, 5) is 0. The van der Waals surface area contributed by atoms with Gasteiger partial charge in [-0.1, -0.05) is 91.0 Å². The number of para-hydroxylation sites is 2. The smallest absolute Gasteiger partial charge is 0.136 e. The van der Waals surface area contributed by atoms with Crippen molar-refractivity contribution in [1.29, 1.82) is 0 Å². The third-order valence-electron chi connectivity index (χ3n) is 9.78. The van der Waals surface area contributed by atoms with Crippen molar-refractivity contribution in [2.24, 2.45) is 5.73 Å². The molecule has 4 nitrogen and oxygen atoms in total. The summed E-state index contributed by atoms with van der Waals surface area (Å²) in [5.41, 5.74) is 17.2. The van der Waals surface area contributed by atoms with E-state index in [1.165, 1.54) is 0 Å². The highest BCUT2D eigenvalue weighted by Gasteiger charge is 2.25. The van der Waals surface area contributed by atoms with Crippen molar-refractivity contribution in [3.05, 3.63) is 167 Å². The zero-order valence-corrected chi connectivity index (χ0v) is 26.8. The lowest BCUT2D eigenvalue weighted by Crippen LogP contribution is -2.34. The van der Waals surface area contributed by atoms with Gasteiger partial charge in [-0.25, -0.2) is 0 Å². The van der Waals surface area contributed by atoms with Crippen LogP contribution < -0.4 is 5.73 Å². The van der Waals surface area contributed by atoms with Crippen LogP contribution in [0.4, 0.5) is 0 Å². The maximum absolute atomic E-state index is 7.03. The Morgan fingerprint density at radius 2 is 1.17 bits per heavy atom. The summed E-state index contributed by atoms with van der Waals surface area (Å²) in [6.07, 6.45) is 2.85. The summed E-state index contributed by atoms with van der Waals surface area (Å²) >= 11 is 0. The summed E-state index contributed by atoms with van der Waals surface area (Å²) < 4.78 is 19.1. The van der Waals surface area contributed by atoms with E-state index in [-0.39, 0.29) is 0 Å². The Bertz CT molecular complexity index is 2680. The van der Waals surface area contributed by atoms with Crippen LogP contribution in [-0.2, 0) is 12.0 Å². The Morgan fingerprint density at radius 1 is 0.562 bits per heavy atom. The van der Waals surface area contributed by atoms with Gasteiger partial charge in [0, 0.05) is 38.9 Å². The first-order chi connectivity index (χ1) is 23.4. The van der Waals surface area contributed by atoms with E-state index in [4.69, 9.17) is 19.0 Å². The molecule has 1 atom stereocenters. The number of furan rings is 3. The maximum atomic E-state index is 7.03. The van der Waals surface area contributed by atoms with Crippen molar-refractivity contribution < 1.29 is 13.3 Å². The molecule has 3 heterocycles. The average molecular weight is 624 g/mol. The summed E-state index contributed by atoms with van der Waals surface area (Å²) in [6, 6.07) is 45.8. The second kappa shape index (κ2) is 10.9. The molecular weight excluding hydrogens is 590 g/mol. The fourth-order valence-electron chi connectivity index (χ4n) is 7.07. The summed E-state index contributed by atoms with van der Waals surface area (Å²) in [7, 11) is 0. The number of nitrogens with two attached hydrogens (primary N) is 1. The second-order valence-corrected chi connectivity index (χ2v) is 13.0. The van der Waals surface area contributed by atoms with Gasteiger partial charge in [-0.3, -0.25) is 0 Å². The minimum absolute atomic E-state index is 0.608. The predicted molar refractivity (Wildman–Crippen MR) is 197 cm³/mol. The predicted octanol–water partition coefficient (Wildman–Crippen LogP) is 11.6. The monoisotopic (exact) mass is 623 g/mol. The molecule has 6 aromatic carbocycles. The quantitative estimate of drug-likeness (QED) is 0.200. The molecule has 0 saturated carbocycles. The van der Waals surface area contributed by atoms with E-state index in [9.17, 15) is 0 Å². The lowest BCUT2D eigenvalue weighted by molar-refractivity contribution is 0.560. The van der Waals surface area contributed by atoms with Gasteiger partial charge in [-0.15, -0.1) is 0 Å². The summed E-state index contributed by atoms with van der Waals surface area (Å²) in [6.45, 7) is 4.21. The number of hydrogen-bond acceptors (Lipinski definition) is 4. The molecule has 0 aliphatic heterocycles. The van der Waals surface area contributed by atoms with Crippen LogP contribution in [0.3, 0.4) is 0 Å². The Morgan fingerprint density at radius 3 is 1.90 bits per heavy atom. The second-order valence-electron chi connectivity index (χ2n) is 13.0. The minimum atomic E-state index is -0.679.